The molecule has 0 saturated heterocycles. The standard InChI is InChI=1S/C26H35N5/c1-7-10-11-15-28-26-24(20(8-2)17-27-4)18-29-25(30-26)23-14-12-13-22(16-23)21(9-3)19-31(5)6/h8-9,12-14,16-19H,3,7,10-11,15H2,1-2,4-6H3,(H,28,29,30)/b20-8+,21-19+,27-17-. The van der Waals surface area contributed by atoms with E-state index in [4.69, 9.17) is 4.98 Å². The van der Waals surface area contributed by atoms with Gasteiger partial charge >= 0.3 is 0 Å². The van der Waals surface area contributed by atoms with E-state index in [9.17, 15) is 0 Å². The molecule has 31 heavy (non-hydrogen) atoms. The van der Waals surface area contributed by atoms with Crippen LogP contribution in [0.3, 0.4) is 0 Å². The van der Waals surface area contributed by atoms with E-state index in [0.29, 0.717) is 5.82 Å². The summed E-state index contributed by atoms with van der Waals surface area (Å²) in [7, 11) is 5.78. The lowest BCUT2D eigenvalue weighted by Crippen LogP contribution is -2.08. The second-order valence-corrected chi connectivity index (χ2v) is 7.55. The fraction of sp³-hybridized carbons (Fsp3) is 0.346. The van der Waals surface area contributed by atoms with Crippen molar-refractivity contribution in [3.63, 3.8) is 0 Å². The number of hydrogen-bond acceptors (Lipinski definition) is 5. The van der Waals surface area contributed by atoms with Gasteiger partial charge in [-0.3, -0.25) is 4.99 Å². The van der Waals surface area contributed by atoms with Gasteiger partial charge in [-0.15, -0.1) is 0 Å². The summed E-state index contributed by atoms with van der Waals surface area (Å²) in [4.78, 5) is 15.8. The van der Waals surface area contributed by atoms with E-state index in [1.54, 1.807) is 7.05 Å². The lowest BCUT2D eigenvalue weighted by molar-refractivity contribution is 0.566. The Bertz CT molecular complexity index is 954. The fourth-order valence-corrected chi connectivity index (χ4v) is 3.25. The van der Waals surface area contributed by atoms with Gasteiger partial charge in [0, 0.05) is 63.0 Å². The van der Waals surface area contributed by atoms with Gasteiger partial charge in [-0.05, 0) is 30.5 Å². The van der Waals surface area contributed by atoms with E-state index >= 15 is 0 Å². The van der Waals surface area contributed by atoms with E-state index in [-0.39, 0.29) is 0 Å². The van der Waals surface area contributed by atoms with E-state index in [1.165, 1.54) is 12.8 Å². The Labute approximate surface area is 187 Å². The van der Waals surface area contributed by atoms with Crippen molar-refractivity contribution >= 4 is 23.2 Å². The molecule has 5 nitrogen and oxygen atoms in total. The second-order valence-electron chi connectivity index (χ2n) is 7.55. The molecule has 1 aromatic carbocycles. The van der Waals surface area contributed by atoms with Gasteiger partial charge in [0.2, 0.25) is 0 Å². The third-order valence-corrected chi connectivity index (χ3v) is 4.82. The number of allylic oxidation sites excluding steroid dienone is 4. The minimum absolute atomic E-state index is 0.695. The first kappa shape index (κ1) is 24.1. The molecule has 0 aliphatic heterocycles. The Morgan fingerprint density at radius 1 is 1.23 bits per heavy atom. The smallest absolute Gasteiger partial charge is 0.161 e. The average molecular weight is 418 g/mol. The molecule has 1 heterocycles. The van der Waals surface area contributed by atoms with Gasteiger partial charge in [0.1, 0.15) is 5.82 Å². The zero-order valence-corrected chi connectivity index (χ0v) is 19.5. The van der Waals surface area contributed by atoms with Crippen LogP contribution in [0.5, 0.6) is 0 Å². The molecule has 0 saturated carbocycles. The molecule has 0 bridgehead atoms. The highest BCUT2D eigenvalue weighted by molar-refractivity contribution is 6.11. The van der Waals surface area contributed by atoms with Crippen molar-refractivity contribution in [2.24, 2.45) is 4.99 Å². The molecule has 1 N–H and O–H groups in total. The van der Waals surface area contributed by atoms with Gasteiger partial charge in [0.15, 0.2) is 5.82 Å². The first-order valence-electron chi connectivity index (χ1n) is 10.8. The molecule has 0 unspecified atom stereocenters. The number of anilines is 1. The van der Waals surface area contributed by atoms with Crippen LogP contribution >= 0.6 is 0 Å². The monoisotopic (exact) mass is 417 g/mol. The predicted molar refractivity (Wildman–Crippen MR) is 135 cm³/mol. The molecule has 0 aliphatic carbocycles. The molecular weight excluding hydrogens is 382 g/mol. The van der Waals surface area contributed by atoms with E-state index < -0.39 is 0 Å². The Morgan fingerprint density at radius 3 is 2.68 bits per heavy atom. The maximum Gasteiger partial charge on any atom is 0.161 e. The van der Waals surface area contributed by atoms with Crippen LogP contribution < -0.4 is 5.32 Å². The topological polar surface area (TPSA) is 53.4 Å². The molecule has 0 fully saturated rings. The summed E-state index contributed by atoms with van der Waals surface area (Å²) >= 11 is 0. The summed E-state index contributed by atoms with van der Waals surface area (Å²) in [5, 5.41) is 3.52. The van der Waals surface area contributed by atoms with Gasteiger partial charge in [-0.2, -0.15) is 0 Å². The highest BCUT2D eigenvalue weighted by Gasteiger charge is 2.12. The highest BCUT2D eigenvalue weighted by atomic mass is 15.0. The summed E-state index contributed by atoms with van der Waals surface area (Å²) in [6.07, 6.45) is 13.2. The van der Waals surface area contributed by atoms with E-state index in [0.717, 1.165) is 46.6 Å². The van der Waals surface area contributed by atoms with Crippen molar-refractivity contribution in [1.29, 1.82) is 0 Å². The first-order chi connectivity index (χ1) is 15.0. The SMILES string of the molecule is C=C/C(=C\N(C)C)c1cccc(-c2ncc(C(/C=N\C)=C/C)c(NCCCCC)n2)c1. The van der Waals surface area contributed by atoms with Crippen molar-refractivity contribution < 1.29 is 0 Å². The molecule has 5 heteroatoms. The van der Waals surface area contributed by atoms with E-state index in [2.05, 4.69) is 47.1 Å². The molecule has 0 radical (unpaired) electrons. The van der Waals surface area contributed by atoms with Crippen LogP contribution in [0.1, 0.15) is 44.2 Å². The number of aromatic nitrogens is 2. The number of rotatable bonds is 11. The number of benzene rings is 1. The normalized spacial score (nSPS) is 12.3. The zero-order valence-electron chi connectivity index (χ0n) is 19.5. The Kier molecular flexibility index (Phi) is 9.69. The predicted octanol–water partition coefficient (Wildman–Crippen LogP) is 5.94. The van der Waals surface area contributed by atoms with Crippen LogP contribution in [0.4, 0.5) is 5.82 Å². The van der Waals surface area contributed by atoms with Crippen molar-refractivity contribution in [1.82, 2.24) is 14.9 Å². The van der Waals surface area contributed by atoms with Gasteiger partial charge in [-0.25, -0.2) is 9.97 Å². The molecule has 0 spiro atoms. The third kappa shape index (κ3) is 6.92. The van der Waals surface area contributed by atoms with Gasteiger partial charge in [0.05, 0.1) is 0 Å². The molecule has 1 aromatic heterocycles. The van der Waals surface area contributed by atoms with Crippen molar-refractivity contribution in [3.05, 3.63) is 66.5 Å². The minimum Gasteiger partial charge on any atom is -0.383 e. The van der Waals surface area contributed by atoms with Crippen LogP contribution in [0.2, 0.25) is 0 Å². The zero-order chi connectivity index (χ0) is 22.6. The van der Waals surface area contributed by atoms with Crippen molar-refractivity contribution in [3.8, 4) is 11.4 Å². The lowest BCUT2D eigenvalue weighted by Gasteiger charge is -2.14. The number of aliphatic imine (C=N–C) groups is 1. The number of nitrogens with zero attached hydrogens (tertiary/aromatic N) is 4. The second kappa shape index (κ2) is 12.5. The molecule has 164 valence electrons. The van der Waals surface area contributed by atoms with Crippen LogP contribution in [-0.4, -0.2) is 48.8 Å². The quantitative estimate of drug-likeness (QED) is 0.279. The van der Waals surface area contributed by atoms with Gasteiger partial charge < -0.3 is 10.2 Å². The van der Waals surface area contributed by atoms with Crippen LogP contribution in [-0.2, 0) is 0 Å². The maximum absolute atomic E-state index is 4.90. The highest BCUT2D eigenvalue weighted by Crippen LogP contribution is 2.26. The molecule has 0 aliphatic rings. The third-order valence-electron chi connectivity index (χ3n) is 4.82. The van der Waals surface area contributed by atoms with Crippen molar-refractivity contribution in [2.45, 2.75) is 33.1 Å². The molecule has 2 aromatic rings. The molecular formula is C26H35N5. The minimum atomic E-state index is 0.695. The van der Waals surface area contributed by atoms with Gasteiger partial charge in [0.25, 0.3) is 0 Å². The van der Waals surface area contributed by atoms with Crippen LogP contribution in [0.25, 0.3) is 22.5 Å². The van der Waals surface area contributed by atoms with Crippen LogP contribution in [0, 0.1) is 0 Å². The van der Waals surface area contributed by atoms with Crippen LogP contribution in [0.15, 0.2) is 60.4 Å². The summed E-state index contributed by atoms with van der Waals surface area (Å²) in [6, 6.07) is 8.26. The largest absolute Gasteiger partial charge is 0.383 e. The summed E-state index contributed by atoms with van der Waals surface area (Å²) < 4.78 is 0. The molecule has 0 amide bonds. The van der Waals surface area contributed by atoms with Gasteiger partial charge in [-0.1, -0.05) is 56.7 Å². The Morgan fingerprint density at radius 2 is 2.03 bits per heavy atom. The number of nitrogens with one attached hydrogen (secondary N) is 1. The lowest BCUT2D eigenvalue weighted by atomic mass is 10.0. The van der Waals surface area contributed by atoms with Crippen molar-refractivity contribution in [2.75, 3.05) is 33.0 Å². The fourth-order valence-electron chi connectivity index (χ4n) is 3.25. The van der Waals surface area contributed by atoms with E-state index in [1.807, 2.05) is 62.6 Å². The molecule has 2 rings (SSSR count). The Hall–Kier alpha value is -3.21. The maximum atomic E-state index is 4.90. The summed E-state index contributed by atoms with van der Waals surface area (Å²) in [5.41, 5.74) is 5.07. The Balaban J connectivity index is 2.47. The first-order valence-corrected chi connectivity index (χ1v) is 10.8. The summed E-state index contributed by atoms with van der Waals surface area (Å²) in [5.74, 6) is 1.54. The number of unbranched alkanes of at least 4 members (excludes halogenated alkanes) is 2. The molecule has 0 atom stereocenters. The number of hydrogen-bond donors (Lipinski definition) is 1. The summed E-state index contributed by atoms with van der Waals surface area (Å²) in [6.45, 7) is 9.05. The average Bonchev–Trinajstić information content (AvgIpc) is 2.78.